The van der Waals surface area contributed by atoms with Gasteiger partial charge in [0.1, 0.15) is 6.61 Å². The van der Waals surface area contributed by atoms with Crippen LogP contribution >= 0.6 is 34.4 Å². The number of hydrogen-bond acceptors (Lipinski definition) is 9. The molecule has 0 spiro atoms. The van der Waals surface area contributed by atoms with Gasteiger partial charge in [0.25, 0.3) is 5.91 Å². The van der Waals surface area contributed by atoms with E-state index in [1.54, 1.807) is 30.3 Å². The van der Waals surface area contributed by atoms with Crippen LogP contribution in [0.15, 0.2) is 76.6 Å². The maximum atomic E-state index is 13.5. The molecule has 1 fully saturated rings. The molecule has 9 nitrogen and oxygen atoms in total. The van der Waals surface area contributed by atoms with E-state index in [9.17, 15) is 24.6 Å². The lowest BCUT2D eigenvalue weighted by Crippen LogP contribution is -2.29. The van der Waals surface area contributed by atoms with Crippen LogP contribution in [0.1, 0.15) is 21.5 Å². The molecule has 0 aliphatic carbocycles. The second kappa shape index (κ2) is 12.1. The molecule has 11 heteroatoms. The Morgan fingerprint density at radius 3 is 2.42 bits per heavy atom. The van der Waals surface area contributed by atoms with Crippen LogP contribution in [0, 0.1) is 3.57 Å². The van der Waals surface area contributed by atoms with E-state index >= 15 is 0 Å². The molecule has 3 aromatic carbocycles. The Bertz CT molecular complexity index is 1440. The summed E-state index contributed by atoms with van der Waals surface area (Å²) in [5, 5.41) is 22.4. The minimum absolute atomic E-state index is 0.0465. The smallest absolute Gasteiger partial charge is 0.267 e. The molecule has 0 unspecified atom stereocenters. The maximum absolute atomic E-state index is 13.5. The molecule has 0 saturated carbocycles. The van der Waals surface area contributed by atoms with Crippen LogP contribution in [0.4, 0.5) is 5.69 Å². The van der Waals surface area contributed by atoms with E-state index in [0.29, 0.717) is 30.6 Å². The van der Waals surface area contributed by atoms with Crippen molar-refractivity contribution in [1.29, 1.82) is 0 Å². The highest BCUT2D eigenvalue weighted by Crippen LogP contribution is 2.38. The third-order valence-corrected chi connectivity index (χ3v) is 7.09. The van der Waals surface area contributed by atoms with Crippen LogP contribution in [-0.2, 0) is 16.1 Å². The van der Waals surface area contributed by atoms with Crippen molar-refractivity contribution in [1.82, 2.24) is 4.90 Å². The molecule has 0 atom stereocenters. The number of carbonyl (C=O) groups is 3. The number of nitrogens with zero attached hydrogens (tertiary/aromatic N) is 2. The molecule has 0 bridgehead atoms. The largest absolute Gasteiger partial charge is 0.546 e. The van der Waals surface area contributed by atoms with E-state index in [-0.39, 0.29) is 23.8 Å². The van der Waals surface area contributed by atoms with E-state index < -0.39 is 18.5 Å². The number of aliphatic imine (C=N–C) groups is 1. The first-order valence-electron chi connectivity index (χ1n) is 11.1. The Labute approximate surface area is 235 Å². The maximum Gasteiger partial charge on any atom is 0.267 e. The zero-order chi connectivity index (χ0) is 27.2. The van der Waals surface area contributed by atoms with Gasteiger partial charge in [0.05, 0.1) is 39.8 Å². The van der Waals surface area contributed by atoms with Gasteiger partial charge in [0.15, 0.2) is 16.7 Å². The van der Waals surface area contributed by atoms with Gasteiger partial charge in [0.2, 0.25) is 0 Å². The van der Waals surface area contributed by atoms with Gasteiger partial charge >= 0.3 is 0 Å². The predicted molar refractivity (Wildman–Crippen MR) is 147 cm³/mol. The molecule has 1 aliphatic heterocycles. The Hall–Kier alpha value is -3.84. The number of methoxy groups -OCH3 is 1. The fourth-order valence-electron chi connectivity index (χ4n) is 3.52. The minimum Gasteiger partial charge on any atom is -0.546 e. The number of aliphatic carboxylic acids is 1. The topological polar surface area (TPSA) is 131 Å². The second-order valence-corrected chi connectivity index (χ2v) is 10.1. The Morgan fingerprint density at radius 2 is 1.79 bits per heavy atom. The van der Waals surface area contributed by atoms with Gasteiger partial charge in [-0.15, -0.1) is 0 Å². The summed E-state index contributed by atoms with van der Waals surface area (Å²) in [4.78, 5) is 42.0. The number of amidine groups is 1. The number of hydrogen-bond donors (Lipinski definition) is 0. The molecule has 1 heterocycles. The first kappa shape index (κ1) is 27.2. The lowest BCUT2D eigenvalue weighted by atomic mass is 10.1. The summed E-state index contributed by atoms with van der Waals surface area (Å²) < 4.78 is 11.3. The quantitative estimate of drug-likeness (QED) is 0.257. The molecular weight excluding hydrogens is 623 g/mol. The number of carboxylic acid groups (broad SMARTS) is 2. The first-order chi connectivity index (χ1) is 18.2. The molecule has 3 aromatic rings. The fraction of sp³-hybridized carbons (Fsp3) is 0.111. The van der Waals surface area contributed by atoms with Crippen molar-refractivity contribution in [2.45, 2.75) is 6.54 Å². The van der Waals surface area contributed by atoms with Gasteiger partial charge in [-0.2, -0.15) is 0 Å². The molecule has 0 aromatic heterocycles. The van der Waals surface area contributed by atoms with Crippen LogP contribution < -0.4 is 19.7 Å². The van der Waals surface area contributed by atoms with Crippen LogP contribution in [0.3, 0.4) is 0 Å². The van der Waals surface area contributed by atoms with E-state index in [0.717, 1.165) is 5.56 Å². The highest BCUT2D eigenvalue weighted by Gasteiger charge is 2.33. The third kappa shape index (κ3) is 6.53. The summed E-state index contributed by atoms with van der Waals surface area (Å²) in [6, 6.07) is 18.7. The highest BCUT2D eigenvalue weighted by molar-refractivity contribution is 14.1. The minimum atomic E-state index is -1.36. The average Bonchev–Trinajstić information content (AvgIpc) is 3.17. The van der Waals surface area contributed by atoms with E-state index in [2.05, 4.69) is 4.99 Å². The van der Waals surface area contributed by atoms with Gasteiger partial charge in [-0.3, -0.25) is 9.69 Å². The average molecular weight is 642 g/mol. The Balaban J connectivity index is 1.68. The molecule has 1 saturated heterocycles. The number of para-hydroxylation sites is 1. The monoisotopic (exact) mass is 642 g/mol. The molecule has 0 radical (unpaired) electrons. The number of halogens is 1. The number of thioether (sulfide) groups is 1. The molecule has 1 aliphatic rings. The number of benzene rings is 3. The number of rotatable bonds is 9. The first-order valence-corrected chi connectivity index (χ1v) is 13.0. The zero-order valence-corrected chi connectivity index (χ0v) is 22.9. The zero-order valence-electron chi connectivity index (χ0n) is 19.9. The summed E-state index contributed by atoms with van der Waals surface area (Å²) in [5.41, 5.74) is 2.08. The molecule has 194 valence electrons. The van der Waals surface area contributed by atoms with Gasteiger partial charge in [-0.25, -0.2) is 4.99 Å². The lowest BCUT2D eigenvalue weighted by molar-refractivity contribution is -0.307. The molecular formula is C27H19IN2O7S-2. The van der Waals surface area contributed by atoms with Crippen molar-refractivity contribution in [2.24, 2.45) is 4.99 Å². The molecule has 4 rings (SSSR count). The lowest BCUT2D eigenvalue weighted by Gasteiger charge is -2.16. The standard InChI is InChI=1S/C27H21IN2O7S/c1-36-21-12-17(11-20(28)24(21)37-15-23(31)32)13-22-25(33)30(14-16-7-9-18(10-8-16)26(34)35)27(38-22)29-19-5-3-2-4-6-19/h2-13H,14-15H2,1H3,(H,31,32)(H,34,35)/p-2/b22-13-,29-27?. The normalized spacial score (nSPS) is 15.2. The van der Waals surface area contributed by atoms with Crippen molar-refractivity contribution < 1.29 is 34.1 Å². The summed E-state index contributed by atoms with van der Waals surface area (Å²) in [5.74, 6) is -2.34. The van der Waals surface area contributed by atoms with Gasteiger partial charge in [-0.1, -0.05) is 42.5 Å². The number of carbonyl (C=O) groups excluding carboxylic acids is 3. The van der Waals surface area contributed by atoms with Crippen LogP contribution in [-0.4, -0.2) is 41.6 Å². The van der Waals surface area contributed by atoms with Crippen molar-refractivity contribution >= 4 is 69.1 Å². The van der Waals surface area contributed by atoms with Crippen molar-refractivity contribution in [3.05, 3.63) is 91.9 Å². The highest BCUT2D eigenvalue weighted by atomic mass is 127. The number of ether oxygens (including phenoxy) is 2. The third-order valence-electron chi connectivity index (χ3n) is 5.28. The summed E-state index contributed by atoms with van der Waals surface area (Å²) in [6.07, 6.45) is 1.69. The van der Waals surface area contributed by atoms with E-state index in [1.165, 1.54) is 35.9 Å². The molecule has 1 amide bonds. The predicted octanol–water partition coefficient (Wildman–Crippen LogP) is 2.60. The van der Waals surface area contributed by atoms with E-state index in [4.69, 9.17) is 9.47 Å². The molecule has 38 heavy (non-hydrogen) atoms. The summed E-state index contributed by atoms with van der Waals surface area (Å²) in [6.45, 7) is -0.446. The number of aromatic carboxylic acids is 1. The van der Waals surface area contributed by atoms with E-state index in [1.807, 2.05) is 52.9 Å². The number of carboxylic acids is 2. The van der Waals surface area contributed by atoms with Gasteiger partial charge in [0, 0.05) is 0 Å². The van der Waals surface area contributed by atoms with Gasteiger partial charge < -0.3 is 29.3 Å². The van der Waals surface area contributed by atoms with Crippen molar-refractivity contribution in [3.8, 4) is 11.5 Å². The Morgan fingerprint density at radius 1 is 1.08 bits per heavy atom. The SMILES string of the molecule is COc1cc(/C=C2\SC(=Nc3ccccc3)N(Cc3ccc(C(=O)[O-])cc3)C2=O)cc(I)c1OCC(=O)[O-]. The second-order valence-electron chi connectivity index (χ2n) is 7.91. The fourth-order valence-corrected chi connectivity index (χ4v) is 5.30. The van der Waals surface area contributed by atoms with Crippen molar-refractivity contribution in [3.63, 3.8) is 0 Å². The van der Waals surface area contributed by atoms with Crippen LogP contribution in [0.2, 0.25) is 0 Å². The summed E-state index contributed by atoms with van der Waals surface area (Å²) in [7, 11) is 1.43. The Kier molecular flexibility index (Phi) is 8.69. The number of amides is 1. The van der Waals surface area contributed by atoms with Crippen molar-refractivity contribution in [2.75, 3.05) is 13.7 Å². The summed E-state index contributed by atoms with van der Waals surface area (Å²) >= 11 is 3.20. The van der Waals surface area contributed by atoms with Crippen LogP contribution in [0.5, 0.6) is 11.5 Å². The van der Waals surface area contributed by atoms with Crippen LogP contribution in [0.25, 0.3) is 6.08 Å². The van der Waals surface area contributed by atoms with Gasteiger partial charge in [-0.05, 0) is 81.4 Å². The molecule has 0 N–H and O–H groups in total.